The van der Waals surface area contributed by atoms with E-state index >= 15 is 0 Å². The molecule has 1 rings (SSSR count). The highest BCUT2D eigenvalue weighted by atomic mass is 79.9. The van der Waals surface area contributed by atoms with E-state index in [1.165, 1.54) is 0 Å². The fourth-order valence-corrected chi connectivity index (χ4v) is 2.06. The quantitative estimate of drug-likeness (QED) is 0.141. The fraction of sp³-hybridized carbons (Fsp3) is 0.474. The van der Waals surface area contributed by atoms with Crippen molar-refractivity contribution >= 4 is 27.9 Å². The summed E-state index contributed by atoms with van der Waals surface area (Å²) in [6, 6.07) is 7.35. The molecule has 0 aliphatic heterocycles. The first kappa shape index (κ1) is 20.4. The summed E-state index contributed by atoms with van der Waals surface area (Å²) in [5.74, 6) is 5.97. The van der Waals surface area contributed by atoms with Crippen LogP contribution in [0.15, 0.2) is 29.4 Å². The number of ether oxygens (including phenoxy) is 1. The van der Waals surface area contributed by atoms with E-state index in [2.05, 4.69) is 39.9 Å². The van der Waals surface area contributed by atoms with Crippen LogP contribution in [-0.4, -0.2) is 37.1 Å². The maximum absolute atomic E-state index is 12.0. The third kappa shape index (κ3) is 9.49. The summed E-state index contributed by atoms with van der Waals surface area (Å²) >= 11 is 3.23. The molecule has 0 aliphatic carbocycles. The van der Waals surface area contributed by atoms with Gasteiger partial charge in [-0.1, -0.05) is 64.1 Å². The van der Waals surface area contributed by atoms with E-state index in [1.54, 1.807) is 6.21 Å². The highest BCUT2D eigenvalue weighted by Crippen LogP contribution is 2.07. The molecule has 0 saturated carbocycles. The highest BCUT2D eigenvalue weighted by Gasteiger charge is 2.05. The van der Waals surface area contributed by atoms with Crippen LogP contribution < -0.4 is 0 Å². The van der Waals surface area contributed by atoms with Crippen molar-refractivity contribution in [2.75, 3.05) is 25.2 Å². The number of Topliss-reactive ketones (excluding diaryl/α,β-unsaturated/α-hetero) is 1. The van der Waals surface area contributed by atoms with E-state index in [9.17, 15) is 4.79 Å². The van der Waals surface area contributed by atoms with E-state index in [4.69, 9.17) is 9.57 Å². The van der Waals surface area contributed by atoms with Gasteiger partial charge in [-0.05, 0) is 18.4 Å². The van der Waals surface area contributed by atoms with Crippen molar-refractivity contribution in [3.63, 3.8) is 0 Å². The molecule has 0 fully saturated rings. The number of benzene rings is 1. The Morgan fingerprint density at radius 2 is 2.00 bits per heavy atom. The molecule has 5 heteroatoms. The Labute approximate surface area is 152 Å². The molecule has 1 aromatic rings. The molecule has 0 radical (unpaired) electrons. The lowest BCUT2D eigenvalue weighted by Gasteiger charge is -2.03. The van der Waals surface area contributed by atoms with Gasteiger partial charge in [0, 0.05) is 31.6 Å². The Bertz CT molecular complexity index is 558. The second kappa shape index (κ2) is 13.8. The Kier molecular flexibility index (Phi) is 11.7. The third-order valence-corrected chi connectivity index (χ3v) is 3.34. The molecule has 0 saturated heterocycles. The third-order valence-electron chi connectivity index (χ3n) is 3.06. The Hall–Kier alpha value is -1.64. The van der Waals surface area contributed by atoms with E-state index in [-0.39, 0.29) is 5.78 Å². The number of alkyl halides is 1. The van der Waals surface area contributed by atoms with Crippen molar-refractivity contribution in [3.8, 4) is 11.8 Å². The zero-order chi connectivity index (χ0) is 17.5. The van der Waals surface area contributed by atoms with Crippen LogP contribution in [0.4, 0.5) is 0 Å². The second-order valence-corrected chi connectivity index (χ2v) is 5.63. The maximum Gasteiger partial charge on any atom is 0.162 e. The average molecular weight is 394 g/mol. The van der Waals surface area contributed by atoms with Crippen LogP contribution in [0.1, 0.15) is 48.5 Å². The van der Waals surface area contributed by atoms with Gasteiger partial charge in [0.1, 0.15) is 6.61 Å². The first-order valence-electron chi connectivity index (χ1n) is 8.16. The van der Waals surface area contributed by atoms with Crippen molar-refractivity contribution in [1.29, 1.82) is 0 Å². The Morgan fingerprint density at radius 1 is 1.21 bits per heavy atom. The largest absolute Gasteiger partial charge is 0.395 e. The van der Waals surface area contributed by atoms with Gasteiger partial charge in [-0.2, -0.15) is 0 Å². The van der Waals surface area contributed by atoms with Gasteiger partial charge in [0.05, 0.1) is 11.5 Å². The van der Waals surface area contributed by atoms with Crippen molar-refractivity contribution < 1.29 is 14.4 Å². The van der Waals surface area contributed by atoms with Gasteiger partial charge in [-0.25, -0.2) is 0 Å². The van der Waals surface area contributed by atoms with Crippen LogP contribution >= 0.6 is 15.9 Å². The van der Waals surface area contributed by atoms with Crippen molar-refractivity contribution in [2.45, 2.75) is 32.6 Å². The number of ketones is 1. The molecule has 24 heavy (non-hydrogen) atoms. The van der Waals surface area contributed by atoms with Crippen LogP contribution in [-0.2, 0) is 9.57 Å². The summed E-state index contributed by atoms with van der Waals surface area (Å²) in [6.45, 7) is 3.93. The topological polar surface area (TPSA) is 47.9 Å². The minimum absolute atomic E-state index is 0.139. The molecule has 0 unspecified atom stereocenters. The predicted molar refractivity (Wildman–Crippen MR) is 101 cm³/mol. The first-order valence-corrected chi connectivity index (χ1v) is 9.28. The lowest BCUT2D eigenvalue weighted by atomic mass is 10.1. The van der Waals surface area contributed by atoms with E-state index in [1.807, 2.05) is 24.3 Å². The van der Waals surface area contributed by atoms with Crippen molar-refractivity contribution in [3.05, 3.63) is 35.4 Å². The Balaban J connectivity index is 2.30. The maximum atomic E-state index is 12.0. The molecule has 0 atom stereocenters. The summed E-state index contributed by atoms with van der Waals surface area (Å²) in [7, 11) is 0. The summed E-state index contributed by atoms with van der Waals surface area (Å²) in [6.07, 6.45) is 4.55. The lowest BCUT2D eigenvalue weighted by Crippen LogP contribution is -2.03. The molecular weight excluding hydrogens is 370 g/mol. The standard InChI is InChI=1S/C19H24BrNO3/c1-2-13-23-14-6-7-19(22)18-10-8-17(9-11-18)16-21-24-15-5-3-4-12-20/h8-11,16H,2,5-7,12-15H2,1H3/b21-16+. The van der Waals surface area contributed by atoms with Gasteiger partial charge >= 0.3 is 0 Å². The zero-order valence-electron chi connectivity index (χ0n) is 14.1. The minimum Gasteiger partial charge on any atom is -0.395 e. The second-order valence-electron chi connectivity index (χ2n) is 5.07. The van der Waals surface area contributed by atoms with Gasteiger partial charge in [0.25, 0.3) is 0 Å². The monoisotopic (exact) mass is 393 g/mol. The molecule has 1 aromatic carbocycles. The van der Waals surface area contributed by atoms with Crippen LogP contribution in [0.2, 0.25) is 0 Å². The normalized spacial score (nSPS) is 10.4. The highest BCUT2D eigenvalue weighted by molar-refractivity contribution is 9.09. The van der Waals surface area contributed by atoms with Gasteiger partial charge in [-0.15, -0.1) is 0 Å². The average Bonchev–Trinajstić information content (AvgIpc) is 2.61. The smallest absolute Gasteiger partial charge is 0.162 e. The van der Waals surface area contributed by atoms with Crippen LogP contribution in [0, 0.1) is 11.8 Å². The molecule has 0 aliphatic rings. The van der Waals surface area contributed by atoms with Crippen molar-refractivity contribution in [1.82, 2.24) is 0 Å². The summed E-state index contributed by atoms with van der Waals surface area (Å²) in [4.78, 5) is 17.2. The van der Waals surface area contributed by atoms with Crippen molar-refractivity contribution in [2.24, 2.45) is 5.16 Å². The van der Waals surface area contributed by atoms with Crippen LogP contribution in [0.3, 0.4) is 0 Å². The zero-order valence-corrected chi connectivity index (χ0v) is 15.7. The van der Waals surface area contributed by atoms with Gasteiger partial charge in [0.2, 0.25) is 0 Å². The van der Waals surface area contributed by atoms with Gasteiger partial charge in [-0.3, -0.25) is 4.79 Å². The van der Waals surface area contributed by atoms with E-state index < -0.39 is 0 Å². The summed E-state index contributed by atoms with van der Waals surface area (Å²) in [5, 5.41) is 4.56. The number of nitrogens with zero attached hydrogens (tertiary/aromatic N) is 1. The number of rotatable bonds is 11. The molecule has 0 spiro atoms. The number of hydrogen-bond acceptors (Lipinski definition) is 4. The molecule has 130 valence electrons. The van der Waals surface area contributed by atoms with Gasteiger partial charge < -0.3 is 9.57 Å². The summed E-state index contributed by atoms with van der Waals surface area (Å²) < 4.78 is 5.38. The Morgan fingerprint density at radius 3 is 2.71 bits per heavy atom. The fourth-order valence-electron chi connectivity index (χ4n) is 1.86. The summed E-state index contributed by atoms with van der Waals surface area (Å²) in [5.41, 5.74) is 1.61. The number of oxime groups is 1. The molecule has 0 amide bonds. The molecule has 0 heterocycles. The minimum atomic E-state index is 0.139. The number of hydrogen-bond donors (Lipinski definition) is 0. The number of carbonyl (C=O) groups is 1. The molecule has 0 N–H and O–H groups in total. The predicted octanol–water partition coefficient (Wildman–Crippen LogP) is 4.22. The van der Waals surface area contributed by atoms with Crippen LogP contribution in [0.25, 0.3) is 0 Å². The molecule has 0 aromatic heterocycles. The van der Waals surface area contributed by atoms with E-state index in [0.29, 0.717) is 36.9 Å². The SMILES string of the molecule is CCCOCCCC(=O)c1ccc(/C=N/OCCC#CCBr)cc1. The molecular formula is C19H24BrNO3. The van der Waals surface area contributed by atoms with Crippen LogP contribution in [0.5, 0.6) is 0 Å². The van der Waals surface area contributed by atoms with E-state index in [0.717, 1.165) is 25.0 Å². The number of carbonyl (C=O) groups excluding carboxylic acids is 1. The molecule has 0 bridgehead atoms. The first-order chi connectivity index (χ1) is 11.8. The number of halogens is 1. The molecule has 4 nitrogen and oxygen atoms in total. The lowest BCUT2D eigenvalue weighted by molar-refractivity contribution is 0.0938. The van der Waals surface area contributed by atoms with Gasteiger partial charge in [0.15, 0.2) is 5.78 Å².